The predicted molar refractivity (Wildman–Crippen MR) is 113 cm³/mol. The topological polar surface area (TPSA) is 49.3 Å². The molecule has 32 heavy (non-hydrogen) atoms. The summed E-state index contributed by atoms with van der Waals surface area (Å²) in [5, 5.41) is 9.53. The second kappa shape index (κ2) is 8.54. The van der Waals surface area contributed by atoms with E-state index >= 15 is 0 Å². The van der Waals surface area contributed by atoms with Gasteiger partial charge < -0.3 is 9.80 Å². The number of carbonyl (C=O) groups is 1. The van der Waals surface area contributed by atoms with Gasteiger partial charge >= 0.3 is 6.18 Å². The quantitative estimate of drug-likeness (QED) is 0.498. The Morgan fingerprint density at radius 3 is 2.59 bits per heavy atom. The van der Waals surface area contributed by atoms with E-state index in [9.17, 15) is 22.4 Å². The van der Waals surface area contributed by atoms with E-state index in [0.29, 0.717) is 48.6 Å². The maximum Gasteiger partial charge on any atom is 0.417 e. The molecular weight excluding hydrogens is 448 g/mol. The Morgan fingerprint density at radius 1 is 1.19 bits per heavy atom. The van der Waals surface area contributed by atoms with Crippen molar-refractivity contribution in [2.45, 2.75) is 25.1 Å². The number of carbonyl (C=O) groups excluding carboxylic acids is 1. The summed E-state index contributed by atoms with van der Waals surface area (Å²) in [5.74, 6) is -1.36. The van der Waals surface area contributed by atoms with E-state index in [1.54, 1.807) is 18.2 Å². The van der Waals surface area contributed by atoms with E-state index in [1.807, 2.05) is 4.90 Å². The van der Waals surface area contributed by atoms with E-state index in [-0.39, 0.29) is 17.2 Å². The number of hydrogen-bond donors (Lipinski definition) is 0. The molecule has 3 aromatic rings. The van der Waals surface area contributed by atoms with Gasteiger partial charge in [-0.15, -0.1) is 10.2 Å². The Balaban J connectivity index is 1.53. The molecule has 1 fully saturated rings. The van der Waals surface area contributed by atoms with Gasteiger partial charge in [-0.05, 0) is 31.0 Å². The normalized spacial score (nSPS) is 15.7. The summed E-state index contributed by atoms with van der Waals surface area (Å²) >= 11 is 6.13. The number of hydrogen-bond acceptors (Lipinski definition) is 4. The molecule has 0 radical (unpaired) electrons. The predicted octanol–water partition coefficient (Wildman–Crippen LogP) is 5.18. The van der Waals surface area contributed by atoms with E-state index < -0.39 is 29.0 Å². The summed E-state index contributed by atoms with van der Waals surface area (Å²) in [6, 6.07) is 7.09. The molecule has 0 saturated carbocycles. The summed E-state index contributed by atoms with van der Waals surface area (Å²) < 4.78 is 61.7. The number of aromatic nitrogens is 2. The van der Waals surface area contributed by atoms with Gasteiger partial charge in [0.2, 0.25) is 0 Å². The number of anilines is 1. The van der Waals surface area contributed by atoms with Crippen LogP contribution < -0.4 is 4.90 Å². The lowest BCUT2D eigenvalue weighted by atomic mass is 10.00. The lowest BCUT2D eigenvalue weighted by molar-refractivity contribution is -0.138. The number of benzene rings is 2. The molecule has 0 N–H and O–H groups in total. The van der Waals surface area contributed by atoms with Crippen LogP contribution in [0.4, 0.5) is 23.4 Å². The van der Waals surface area contributed by atoms with Gasteiger partial charge in [-0.25, -0.2) is 4.39 Å². The van der Waals surface area contributed by atoms with Gasteiger partial charge in [-0.2, -0.15) is 13.2 Å². The lowest BCUT2D eigenvalue weighted by Crippen LogP contribution is -2.46. The Labute approximate surface area is 188 Å². The van der Waals surface area contributed by atoms with Crippen molar-refractivity contribution in [1.29, 1.82) is 0 Å². The van der Waals surface area contributed by atoms with Gasteiger partial charge in [0.15, 0.2) is 11.0 Å². The third-order valence-electron chi connectivity index (χ3n) is 5.68. The van der Waals surface area contributed by atoms with Crippen molar-refractivity contribution in [2.75, 3.05) is 25.0 Å². The molecule has 4 rings (SSSR count). The van der Waals surface area contributed by atoms with Crippen LogP contribution >= 0.6 is 11.6 Å². The molecule has 2 heterocycles. The molecule has 0 spiro atoms. The average molecular weight is 468 g/mol. The first-order valence-corrected chi connectivity index (χ1v) is 10.3. The van der Waals surface area contributed by atoms with Crippen LogP contribution in [0.25, 0.3) is 10.8 Å². The SMILES string of the molecule is [2H]c1cccc2c(Cl)nnc(N3CCC(N(C)C(=O)c4ccc(F)cc4C(F)(F)F)CC3)c12. The van der Waals surface area contributed by atoms with Crippen LogP contribution in [-0.4, -0.2) is 47.2 Å². The number of amides is 1. The smallest absolute Gasteiger partial charge is 0.354 e. The number of piperidine rings is 1. The molecule has 1 amide bonds. The molecule has 5 nitrogen and oxygen atoms in total. The van der Waals surface area contributed by atoms with E-state index in [2.05, 4.69) is 10.2 Å². The van der Waals surface area contributed by atoms with Gasteiger partial charge in [0.05, 0.1) is 12.5 Å². The number of nitrogens with zero attached hydrogens (tertiary/aromatic N) is 4. The Morgan fingerprint density at radius 2 is 1.91 bits per heavy atom. The zero-order valence-corrected chi connectivity index (χ0v) is 17.7. The molecule has 1 aromatic heterocycles. The minimum atomic E-state index is -4.85. The summed E-state index contributed by atoms with van der Waals surface area (Å²) in [5.41, 5.74) is -1.87. The highest BCUT2D eigenvalue weighted by atomic mass is 35.5. The Hall–Kier alpha value is -2.94. The van der Waals surface area contributed by atoms with Crippen LogP contribution in [0.1, 0.15) is 30.1 Å². The average Bonchev–Trinajstić information content (AvgIpc) is 2.78. The summed E-state index contributed by atoms with van der Waals surface area (Å²) in [6.07, 6.45) is -3.91. The maximum absolute atomic E-state index is 13.4. The van der Waals surface area contributed by atoms with Crippen LogP contribution in [0, 0.1) is 5.82 Å². The van der Waals surface area contributed by atoms with Crippen molar-refractivity contribution >= 4 is 34.1 Å². The minimum Gasteiger partial charge on any atom is -0.354 e. The molecule has 1 aliphatic heterocycles. The second-order valence-corrected chi connectivity index (χ2v) is 7.95. The Kier molecular flexibility index (Phi) is 5.58. The number of alkyl halides is 3. The Bertz CT molecular complexity index is 1210. The molecule has 168 valence electrons. The minimum absolute atomic E-state index is 0.197. The molecule has 2 aromatic carbocycles. The first-order valence-electron chi connectivity index (χ1n) is 10.4. The first-order chi connectivity index (χ1) is 15.6. The van der Waals surface area contributed by atoms with Crippen LogP contribution in [0.3, 0.4) is 0 Å². The molecule has 10 heteroatoms. The fraction of sp³-hybridized carbons (Fsp3) is 0.318. The first kappa shape index (κ1) is 20.9. The van der Waals surface area contributed by atoms with Crippen molar-refractivity contribution in [3.8, 4) is 0 Å². The van der Waals surface area contributed by atoms with E-state index in [1.165, 1.54) is 11.9 Å². The van der Waals surface area contributed by atoms with Gasteiger partial charge in [-0.1, -0.05) is 35.8 Å². The third kappa shape index (κ3) is 4.21. The second-order valence-electron chi connectivity index (χ2n) is 7.60. The van der Waals surface area contributed by atoms with Crippen LogP contribution in [-0.2, 0) is 6.18 Å². The highest BCUT2D eigenvalue weighted by Crippen LogP contribution is 2.34. The lowest BCUT2D eigenvalue weighted by Gasteiger charge is -2.37. The molecule has 1 saturated heterocycles. The summed E-state index contributed by atoms with van der Waals surface area (Å²) in [7, 11) is 1.45. The zero-order chi connectivity index (χ0) is 23.9. The molecule has 0 aliphatic carbocycles. The van der Waals surface area contributed by atoms with Crippen molar-refractivity contribution in [3.05, 3.63) is 64.5 Å². The maximum atomic E-state index is 13.4. The van der Waals surface area contributed by atoms with Crippen molar-refractivity contribution in [2.24, 2.45) is 0 Å². The fourth-order valence-electron chi connectivity index (χ4n) is 3.97. The highest BCUT2D eigenvalue weighted by Gasteiger charge is 2.37. The molecule has 0 unspecified atom stereocenters. The zero-order valence-electron chi connectivity index (χ0n) is 18.0. The van der Waals surface area contributed by atoms with Crippen molar-refractivity contribution in [1.82, 2.24) is 15.1 Å². The van der Waals surface area contributed by atoms with Crippen molar-refractivity contribution in [3.63, 3.8) is 0 Å². The van der Waals surface area contributed by atoms with E-state index in [0.717, 1.165) is 12.1 Å². The van der Waals surface area contributed by atoms with Crippen LogP contribution in [0.5, 0.6) is 0 Å². The van der Waals surface area contributed by atoms with Gasteiger partial charge in [0, 0.05) is 37.0 Å². The van der Waals surface area contributed by atoms with Gasteiger partial charge in [-0.3, -0.25) is 4.79 Å². The molecular formula is C22H19ClF4N4O. The molecule has 0 bridgehead atoms. The van der Waals surface area contributed by atoms with E-state index in [4.69, 9.17) is 13.0 Å². The largest absolute Gasteiger partial charge is 0.417 e. The number of rotatable bonds is 3. The molecule has 0 atom stereocenters. The number of fused-ring (bicyclic) bond motifs is 1. The summed E-state index contributed by atoms with van der Waals surface area (Å²) in [6.45, 7) is 0.912. The standard InChI is InChI=1S/C22H19ClF4N4O/c1-30(21(32)17-7-6-13(24)12-18(17)22(25,26)27)14-8-10-31(11-9-14)20-16-5-3-2-4-15(16)19(23)28-29-20/h2-7,12,14H,8-11H2,1H3/i5D. The van der Waals surface area contributed by atoms with Gasteiger partial charge in [0.25, 0.3) is 5.91 Å². The third-order valence-corrected chi connectivity index (χ3v) is 5.96. The van der Waals surface area contributed by atoms with Crippen LogP contribution in [0.15, 0.2) is 42.4 Å². The van der Waals surface area contributed by atoms with Gasteiger partial charge in [0.1, 0.15) is 5.82 Å². The van der Waals surface area contributed by atoms with Crippen molar-refractivity contribution < 1.29 is 23.7 Å². The molecule has 1 aliphatic rings. The monoisotopic (exact) mass is 467 g/mol. The fourth-order valence-corrected chi connectivity index (χ4v) is 4.16. The number of halogens is 5. The summed E-state index contributed by atoms with van der Waals surface area (Å²) in [4.78, 5) is 16.1. The highest BCUT2D eigenvalue weighted by molar-refractivity contribution is 6.34. The van der Waals surface area contributed by atoms with Crippen LogP contribution in [0.2, 0.25) is 5.15 Å².